The molecule has 3 rings (SSSR count). The summed E-state index contributed by atoms with van der Waals surface area (Å²) in [7, 11) is 0. The summed E-state index contributed by atoms with van der Waals surface area (Å²) in [6.45, 7) is 1.52. The van der Waals surface area contributed by atoms with Gasteiger partial charge < -0.3 is 19.7 Å². The molecule has 4 atom stereocenters. The van der Waals surface area contributed by atoms with Crippen LogP contribution in [0.15, 0.2) is 6.20 Å². The van der Waals surface area contributed by atoms with E-state index in [1.165, 1.54) is 0 Å². The van der Waals surface area contributed by atoms with Gasteiger partial charge in [-0.25, -0.2) is 0 Å². The van der Waals surface area contributed by atoms with Gasteiger partial charge in [-0.05, 0) is 6.92 Å². The average molecular weight is 276 g/mol. The molecule has 0 amide bonds. The molecule has 100 valence electrons. The molecule has 0 radical (unpaired) electrons. The molecule has 1 aromatic heterocycles. The Morgan fingerprint density at radius 3 is 2.94 bits per heavy atom. The Bertz CT molecular complexity index is 520. The highest BCUT2D eigenvalue weighted by atomic mass is 35.5. The fourth-order valence-corrected chi connectivity index (χ4v) is 2.18. The minimum absolute atomic E-state index is 0. The highest BCUT2D eigenvalue weighted by Gasteiger charge is 2.50. The van der Waals surface area contributed by atoms with E-state index in [-0.39, 0.29) is 30.5 Å². The maximum absolute atomic E-state index is 9.87. The van der Waals surface area contributed by atoms with Crippen LogP contribution < -0.4 is 10.2 Å². The summed E-state index contributed by atoms with van der Waals surface area (Å²) in [4.78, 5) is 3.97. The number of nitrogens with one attached hydrogen (secondary N) is 1. The van der Waals surface area contributed by atoms with Gasteiger partial charge in [0.25, 0.3) is 0 Å². The van der Waals surface area contributed by atoms with Crippen molar-refractivity contribution in [3.05, 3.63) is 17.2 Å². The molecule has 4 unspecified atom stereocenters. The monoisotopic (exact) mass is 275 g/mol. The van der Waals surface area contributed by atoms with Crippen LogP contribution in [0.25, 0.3) is 0 Å². The quantitative estimate of drug-likeness (QED) is 0.617. The molecule has 8 heteroatoms. The highest BCUT2D eigenvalue weighted by Crippen LogP contribution is 2.38. The van der Waals surface area contributed by atoms with E-state index in [4.69, 9.17) is 20.0 Å². The number of aliphatic hydroxyl groups excluding tert-OH is 2. The molecule has 18 heavy (non-hydrogen) atoms. The van der Waals surface area contributed by atoms with Gasteiger partial charge in [-0.2, -0.15) is 4.98 Å². The van der Waals surface area contributed by atoms with E-state index in [0.29, 0.717) is 5.56 Å². The number of fused-ring (bicyclic) bond motifs is 3. The molecule has 2 aliphatic rings. The first-order valence-electron chi connectivity index (χ1n) is 5.37. The standard InChI is InChI=1S/C10H13N3O4.ClH/c1-4-2-13-9-7(6(15)5(3-14)16-9)17-10(13)12-8(4)11;/h2,5-7,9,11,14-15H,3H2,1H3;1H. The second-order valence-electron chi connectivity index (χ2n) is 4.28. The van der Waals surface area contributed by atoms with E-state index in [1.807, 2.05) is 0 Å². The van der Waals surface area contributed by atoms with Gasteiger partial charge in [0, 0.05) is 11.8 Å². The number of halogens is 1. The Labute approximate surface area is 109 Å². The highest BCUT2D eigenvalue weighted by molar-refractivity contribution is 5.85. The molecule has 1 aromatic rings. The minimum Gasteiger partial charge on any atom is -0.454 e. The average Bonchev–Trinajstić information content (AvgIpc) is 2.78. The first-order valence-corrected chi connectivity index (χ1v) is 5.37. The molecule has 0 saturated carbocycles. The van der Waals surface area contributed by atoms with E-state index in [0.717, 1.165) is 0 Å². The fourth-order valence-electron chi connectivity index (χ4n) is 2.18. The number of ether oxygens (including phenoxy) is 2. The van der Waals surface area contributed by atoms with Gasteiger partial charge in [0.15, 0.2) is 17.8 Å². The second kappa shape index (κ2) is 4.51. The molecule has 1 fully saturated rings. The first kappa shape index (κ1) is 13.3. The van der Waals surface area contributed by atoms with Crippen molar-refractivity contribution < 1.29 is 19.7 Å². The van der Waals surface area contributed by atoms with E-state index >= 15 is 0 Å². The van der Waals surface area contributed by atoms with Crippen LogP contribution >= 0.6 is 12.4 Å². The smallest absolute Gasteiger partial charge is 0.301 e. The molecule has 3 heterocycles. The van der Waals surface area contributed by atoms with Crippen LogP contribution in [0.1, 0.15) is 11.8 Å². The Morgan fingerprint density at radius 2 is 2.28 bits per heavy atom. The topological polar surface area (TPSA) is 101 Å². The van der Waals surface area contributed by atoms with Gasteiger partial charge in [0.05, 0.1) is 6.61 Å². The van der Waals surface area contributed by atoms with Crippen LogP contribution in [0, 0.1) is 12.3 Å². The summed E-state index contributed by atoms with van der Waals surface area (Å²) in [5, 5.41) is 26.5. The Kier molecular flexibility index (Phi) is 3.33. The van der Waals surface area contributed by atoms with E-state index in [1.54, 1.807) is 17.7 Å². The predicted molar refractivity (Wildman–Crippen MR) is 61.5 cm³/mol. The van der Waals surface area contributed by atoms with Crippen molar-refractivity contribution in [3.63, 3.8) is 0 Å². The van der Waals surface area contributed by atoms with Gasteiger partial charge in [0.2, 0.25) is 0 Å². The Morgan fingerprint density at radius 1 is 1.56 bits per heavy atom. The van der Waals surface area contributed by atoms with E-state index in [2.05, 4.69) is 4.98 Å². The van der Waals surface area contributed by atoms with Gasteiger partial charge in [0.1, 0.15) is 12.2 Å². The normalized spacial score (nSPS) is 32.4. The molecule has 7 nitrogen and oxygen atoms in total. The zero-order valence-electron chi connectivity index (χ0n) is 9.61. The van der Waals surface area contributed by atoms with Gasteiger partial charge >= 0.3 is 6.01 Å². The van der Waals surface area contributed by atoms with E-state index in [9.17, 15) is 5.11 Å². The number of aliphatic hydroxyl groups is 2. The molecule has 2 aliphatic heterocycles. The Balaban J connectivity index is 0.00000120. The Hall–Kier alpha value is -1.15. The number of hydrogen-bond acceptors (Lipinski definition) is 6. The van der Waals surface area contributed by atoms with Crippen LogP contribution in [0.2, 0.25) is 0 Å². The van der Waals surface area contributed by atoms with Crippen LogP contribution in [0.4, 0.5) is 0 Å². The maximum atomic E-state index is 9.87. The van der Waals surface area contributed by atoms with E-state index < -0.39 is 24.5 Å². The number of aryl methyl sites for hydroxylation is 1. The lowest BCUT2D eigenvalue weighted by Gasteiger charge is -2.14. The lowest BCUT2D eigenvalue weighted by molar-refractivity contribution is -0.0435. The predicted octanol–water partition coefficient (Wildman–Crippen LogP) is -0.896. The largest absolute Gasteiger partial charge is 0.454 e. The van der Waals surface area contributed by atoms with Crippen molar-refractivity contribution in [2.45, 2.75) is 31.5 Å². The number of nitrogens with zero attached hydrogens (tertiary/aromatic N) is 2. The molecule has 0 aromatic carbocycles. The van der Waals surface area contributed by atoms with Crippen molar-refractivity contribution in [3.8, 4) is 6.01 Å². The lowest BCUT2D eigenvalue weighted by Crippen LogP contribution is -2.34. The summed E-state index contributed by atoms with van der Waals surface area (Å²) in [6.07, 6.45) is -0.866. The third-order valence-corrected chi connectivity index (χ3v) is 3.14. The third kappa shape index (κ3) is 1.71. The van der Waals surface area contributed by atoms with Crippen molar-refractivity contribution >= 4 is 12.4 Å². The van der Waals surface area contributed by atoms with Crippen LogP contribution in [0.5, 0.6) is 6.01 Å². The van der Waals surface area contributed by atoms with Crippen molar-refractivity contribution in [1.29, 1.82) is 5.41 Å². The zero-order valence-corrected chi connectivity index (χ0v) is 10.4. The number of aromatic nitrogens is 2. The van der Waals surface area contributed by atoms with Crippen molar-refractivity contribution in [2.75, 3.05) is 6.61 Å². The van der Waals surface area contributed by atoms with Crippen LogP contribution in [0.3, 0.4) is 0 Å². The molecular weight excluding hydrogens is 262 g/mol. The molecule has 0 aliphatic carbocycles. The number of hydrogen-bond donors (Lipinski definition) is 3. The van der Waals surface area contributed by atoms with Crippen LogP contribution in [-0.4, -0.2) is 44.7 Å². The minimum atomic E-state index is -0.888. The third-order valence-electron chi connectivity index (χ3n) is 3.14. The van der Waals surface area contributed by atoms with Crippen molar-refractivity contribution in [1.82, 2.24) is 9.55 Å². The second-order valence-corrected chi connectivity index (χ2v) is 4.28. The first-order chi connectivity index (χ1) is 8.11. The summed E-state index contributed by atoms with van der Waals surface area (Å²) < 4.78 is 12.6. The molecule has 0 spiro atoms. The number of rotatable bonds is 1. The maximum Gasteiger partial charge on any atom is 0.301 e. The summed E-state index contributed by atoms with van der Waals surface area (Å²) in [5.41, 5.74) is 0.841. The summed E-state index contributed by atoms with van der Waals surface area (Å²) >= 11 is 0. The van der Waals surface area contributed by atoms with Crippen molar-refractivity contribution in [2.24, 2.45) is 0 Å². The SMILES string of the molecule is Cc1cn2c(nc1=N)OC1C(O)C(CO)OC12.Cl. The zero-order chi connectivity index (χ0) is 12.2. The summed E-state index contributed by atoms with van der Waals surface area (Å²) in [5.74, 6) is 0. The molecule has 1 saturated heterocycles. The van der Waals surface area contributed by atoms with Gasteiger partial charge in [-0.3, -0.25) is 9.98 Å². The fraction of sp³-hybridized carbons (Fsp3) is 0.600. The molecule has 3 N–H and O–H groups in total. The summed E-state index contributed by atoms with van der Waals surface area (Å²) in [6, 6.07) is 0.269. The molecule has 0 bridgehead atoms. The molecular formula is C10H14ClN3O4. The van der Waals surface area contributed by atoms with Gasteiger partial charge in [-0.15, -0.1) is 12.4 Å². The van der Waals surface area contributed by atoms with Gasteiger partial charge in [-0.1, -0.05) is 0 Å². The lowest BCUT2D eigenvalue weighted by atomic mass is 10.1. The van der Waals surface area contributed by atoms with Crippen LogP contribution in [-0.2, 0) is 4.74 Å².